The van der Waals surface area contributed by atoms with E-state index in [0.29, 0.717) is 18.6 Å². The van der Waals surface area contributed by atoms with Crippen LogP contribution in [0.5, 0.6) is 0 Å². The van der Waals surface area contributed by atoms with E-state index in [9.17, 15) is 9.59 Å². The Bertz CT molecular complexity index is 247. The molecule has 106 valence electrons. The molecule has 5 heteroatoms. The van der Waals surface area contributed by atoms with Gasteiger partial charge in [0.25, 0.3) is 0 Å². The molecule has 0 aliphatic carbocycles. The van der Waals surface area contributed by atoms with Crippen molar-refractivity contribution in [2.24, 2.45) is 5.73 Å². The van der Waals surface area contributed by atoms with E-state index >= 15 is 0 Å². The quantitative estimate of drug-likeness (QED) is 0.447. The molecule has 0 rings (SSSR count). The summed E-state index contributed by atoms with van der Waals surface area (Å²) < 4.78 is 0. The number of nitrogens with zero attached hydrogens (tertiary/aromatic N) is 1. The number of primary amides is 1. The topological polar surface area (TPSA) is 63.4 Å². The molecule has 4 nitrogen and oxygen atoms in total. The number of carbonyl (C=O) groups excluding carboxylic acids is 2. The maximum atomic E-state index is 11.6. The smallest absolute Gasteiger partial charge is 0.222 e. The van der Waals surface area contributed by atoms with Crippen LogP contribution in [0.4, 0.5) is 0 Å². The van der Waals surface area contributed by atoms with E-state index in [1.54, 1.807) is 4.90 Å². The summed E-state index contributed by atoms with van der Waals surface area (Å²) in [6.07, 6.45) is 7.34. The highest BCUT2D eigenvalue weighted by Crippen LogP contribution is 2.09. The zero-order chi connectivity index (χ0) is 13.8. The molecule has 0 atom stereocenters. The standard InChI is InChI=1S/C13H26N2O2S/c1-15(10-11-18)13(17)9-7-5-3-2-4-6-8-12(14)16/h18H,2-11H2,1H3,(H2,14,16). The lowest BCUT2D eigenvalue weighted by Crippen LogP contribution is -2.28. The third-order valence-electron chi connectivity index (χ3n) is 2.92. The van der Waals surface area contributed by atoms with Crippen LogP contribution in [0.1, 0.15) is 51.4 Å². The third-order valence-corrected chi connectivity index (χ3v) is 3.12. The molecule has 0 fully saturated rings. The van der Waals surface area contributed by atoms with Crippen molar-refractivity contribution in [1.82, 2.24) is 4.90 Å². The van der Waals surface area contributed by atoms with Crippen LogP contribution in [0.2, 0.25) is 0 Å². The summed E-state index contributed by atoms with van der Waals surface area (Å²) in [4.78, 5) is 23.8. The first kappa shape index (κ1) is 17.3. The van der Waals surface area contributed by atoms with Gasteiger partial charge in [-0.1, -0.05) is 25.7 Å². The molecule has 0 aromatic carbocycles. The van der Waals surface area contributed by atoms with Crippen molar-refractivity contribution in [3.63, 3.8) is 0 Å². The molecule has 0 aromatic rings. The number of unbranched alkanes of at least 4 members (excludes halogenated alkanes) is 5. The van der Waals surface area contributed by atoms with Crippen LogP contribution >= 0.6 is 12.6 Å². The molecule has 0 aliphatic heterocycles. The van der Waals surface area contributed by atoms with Crippen LogP contribution in [0.25, 0.3) is 0 Å². The van der Waals surface area contributed by atoms with Gasteiger partial charge < -0.3 is 10.6 Å². The van der Waals surface area contributed by atoms with Crippen LogP contribution in [-0.2, 0) is 9.59 Å². The van der Waals surface area contributed by atoms with Gasteiger partial charge in [0.1, 0.15) is 0 Å². The van der Waals surface area contributed by atoms with Gasteiger partial charge in [-0.15, -0.1) is 0 Å². The molecule has 0 saturated carbocycles. The van der Waals surface area contributed by atoms with E-state index in [2.05, 4.69) is 12.6 Å². The van der Waals surface area contributed by atoms with Gasteiger partial charge >= 0.3 is 0 Å². The molecule has 0 saturated heterocycles. The Morgan fingerprint density at radius 2 is 1.50 bits per heavy atom. The lowest BCUT2D eigenvalue weighted by molar-refractivity contribution is -0.129. The normalized spacial score (nSPS) is 10.3. The minimum absolute atomic E-state index is 0.206. The van der Waals surface area contributed by atoms with E-state index in [1.807, 2.05) is 7.05 Å². The van der Waals surface area contributed by atoms with E-state index in [4.69, 9.17) is 5.73 Å². The summed E-state index contributed by atoms with van der Waals surface area (Å²) in [6, 6.07) is 0. The summed E-state index contributed by atoms with van der Waals surface area (Å²) in [6.45, 7) is 0.717. The second-order valence-electron chi connectivity index (χ2n) is 4.63. The Morgan fingerprint density at radius 1 is 1.00 bits per heavy atom. The predicted molar refractivity (Wildman–Crippen MR) is 77.6 cm³/mol. The maximum absolute atomic E-state index is 11.6. The van der Waals surface area contributed by atoms with Crippen molar-refractivity contribution in [2.75, 3.05) is 19.3 Å². The van der Waals surface area contributed by atoms with Crippen molar-refractivity contribution < 1.29 is 9.59 Å². The van der Waals surface area contributed by atoms with Gasteiger partial charge in [-0.3, -0.25) is 9.59 Å². The van der Waals surface area contributed by atoms with Crippen LogP contribution in [0, 0.1) is 0 Å². The fraction of sp³-hybridized carbons (Fsp3) is 0.846. The molecule has 2 N–H and O–H groups in total. The number of nitrogens with two attached hydrogens (primary N) is 1. The Morgan fingerprint density at radius 3 is 2.00 bits per heavy atom. The summed E-state index contributed by atoms with van der Waals surface area (Å²) >= 11 is 4.10. The number of hydrogen-bond donors (Lipinski definition) is 2. The molecule has 0 bridgehead atoms. The number of carbonyl (C=O) groups is 2. The molecule has 0 radical (unpaired) electrons. The molecule has 0 heterocycles. The maximum Gasteiger partial charge on any atom is 0.222 e. The van der Waals surface area contributed by atoms with E-state index in [-0.39, 0.29) is 11.8 Å². The van der Waals surface area contributed by atoms with Gasteiger partial charge in [-0.2, -0.15) is 12.6 Å². The van der Waals surface area contributed by atoms with Crippen LogP contribution in [0.3, 0.4) is 0 Å². The van der Waals surface area contributed by atoms with Gasteiger partial charge in [0.05, 0.1) is 0 Å². The SMILES string of the molecule is CN(CCS)C(=O)CCCCCCCCC(N)=O. The average molecular weight is 274 g/mol. The lowest BCUT2D eigenvalue weighted by Gasteiger charge is -2.15. The van der Waals surface area contributed by atoms with Gasteiger partial charge in [-0.05, 0) is 12.8 Å². The van der Waals surface area contributed by atoms with Crippen LogP contribution in [0.15, 0.2) is 0 Å². The minimum atomic E-state index is -0.215. The van der Waals surface area contributed by atoms with E-state index in [1.165, 1.54) is 0 Å². The number of thiol groups is 1. The minimum Gasteiger partial charge on any atom is -0.370 e. The first-order valence-corrected chi connectivity index (χ1v) is 7.34. The summed E-state index contributed by atoms with van der Waals surface area (Å²) in [7, 11) is 1.82. The first-order chi connectivity index (χ1) is 8.57. The molecule has 0 aromatic heterocycles. The second-order valence-corrected chi connectivity index (χ2v) is 5.07. The fourth-order valence-electron chi connectivity index (χ4n) is 1.75. The Balaban J connectivity index is 3.29. The molecular formula is C13H26N2O2S. The number of rotatable bonds is 11. The van der Waals surface area contributed by atoms with Gasteiger partial charge in [0.15, 0.2) is 0 Å². The van der Waals surface area contributed by atoms with Crippen molar-refractivity contribution in [3.8, 4) is 0 Å². The second kappa shape index (κ2) is 11.4. The van der Waals surface area contributed by atoms with Crippen molar-refractivity contribution >= 4 is 24.4 Å². The number of hydrogen-bond acceptors (Lipinski definition) is 3. The Labute approximate surface area is 116 Å². The molecule has 0 aliphatic rings. The van der Waals surface area contributed by atoms with Crippen LogP contribution < -0.4 is 5.73 Å². The van der Waals surface area contributed by atoms with Crippen molar-refractivity contribution in [1.29, 1.82) is 0 Å². The molecule has 0 unspecified atom stereocenters. The fourth-order valence-corrected chi connectivity index (χ4v) is 2.05. The zero-order valence-corrected chi connectivity index (χ0v) is 12.3. The first-order valence-electron chi connectivity index (χ1n) is 6.71. The monoisotopic (exact) mass is 274 g/mol. The molecule has 2 amide bonds. The average Bonchev–Trinajstić information content (AvgIpc) is 2.32. The molecule has 0 spiro atoms. The largest absolute Gasteiger partial charge is 0.370 e. The predicted octanol–water partition coefficient (Wildman–Crippen LogP) is 1.98. The van der Waals surface area contributed by atoms with Crippen molar-refractivity contribution in [3.05, 3.63) is 0 Å². The highest BCUT2D eigenvalue weighted by Gasteiger charge is 2.06. The van der Waals surface area contributed by atoms with Crippen molar-refractivity contribution in [2.45, 2.75) is 51.4 Å². The number of amides is 2. The summed E-state index contributed by atoms with van der Waals surface area (Å²) in [5.74, 6) is 0.702. The van der Waals surface area contributed by atoms with Gasteiger partial charge in [0, 0.05) is 32.2 Å². The van der Waals surface area contributed by atoms with E-state index < -0.39 is 0 Å². The lowest BCUT2D eigenvalue weighted by atomic mass is 10.1. The molecular weight excluding hydrogens is 248 g/mol. The van der Waals surface area contributed by atoms with Gasteiger partial charge in [-0.25, -0.2) is 0 Å². The summed E-state index contributed by atoms with van der Waals surface area (Å²) in [5, 5.41) is 0. The Hall–Kier alpha value is -0.710. The summed E-state index contributed by atoms with van der Waals surface area (Å²) in [5.41, 5.74) is 5.05. The Kier molecular flexibility index (Phi) is 10.9. The molecule has 18 heavy (non-hydrogen) atoms. The highest BCUT2D eigenvalue weighted by molar-refractivity contribution is 7.80. The third kappa shape index (κ3) is 10.4. The highest BCUT2D eigenvalue weighted by atomic mass is 32.1. The van der Waals surface area contributed by atoms with E-state index in [0.717, 1.165) is 45.1 Å². The zero-order valence-electron chi connectivity index (χ0n) is 11.4. The van der Waals surface area contributed by atoms with Gasteiger partial charge in [0.2, 0.25) is 11.8 Å². The van der Waals surface area contributed by atoms with Crippen LogP contribution in [-0.4, -0.2) is 36.1 Å².